The number of aromatic nitrogens is 2. The average Bonchev–Trinajstić information content (AvgIpc) is 2.57. The Balaban J connectivity index is 0.000000647. The molecule has 0 unspecified atom stereocenters. The summed E-state index contributed by atoms with van der Waals surface area (Å²) < 4.78 is 0. The molecule has 2 heterocycles. The topological polar surface area (TPSA) is 80.9 Å². The van der Waals surface area contributed by atoms with E-state index in [2.05, 4.69) is 47.0 Å². The maximum Gasteiger partial charge on any atom is 0.204 e. The van der Waals surface area contributed by atoms with Gasteiger partial charge < -0.3 is 11.1 Å². The van der Waals surface area contributed by atoms with Gasteiger partial charge in [0.1, 0.15) is 5.82 Å². The molecule has 0 atom stereocenters. The molecule has 0 radical (unpaired) electrons. The van der Waals surface area contributed by atoms with Gasteiger partial charge in [-0.25, -0.2) is 4.98 Å². The van der Waals surface area contributed by atoms with E-state index in [0.29, 0.717) is 11.3 Å². The molecule has 5 heteroatoms. The van der Waals surface area contributed by atoms with E-state index in [-0.39, 0.29) is 6.41 Å². The summed E-state index contributed by atoms with van der Waals surface area (Å²) in [6.45, 7) is 4.75. The molecule has 0 spiro atoms. The van der Waals surface area contributed by atoms with E-state index in [0.717, 1.165) is 11.5 Å². The fourth-order valence-corrected chi connectivity index (χ4v) is 3.04. The van der Waals surface area contributed by atoms with Crippen LogP contribution in [0.3, 0.4) is 0 Å². The van der Waals surface area contributed by atoms with Crippen LogP contribution in [0, 0.1) is 5.41 Å². The molecule has 2 aromatic heterocycles. The van der Waals surface area contributed by atoms with Crippen LogP contribution in [0.15, 0.2) is 42.9 Å². The Labute approximate surface area is 143 Å². The molecule has 3 N–H and O–H groups in total. The number of nitrogens with zero attached hydrogens (tertiary/aromatic N) is 2. The van der Waals surface area contributed by atoms with E-state index in [9.17, 15) is 0 Å². The zero-order valence-electron chi connectivity index (χ0n) is 14.4. The summed E-state index contributed by atoms with van der Waals surface area (Å²) in [4.78, 5) is 17.2. The van der Waals surface area contributed by atoms with Crippen molar-refractivity contribution in [3.05, 3.63) is 48.4 Å². The predicted octanol–water partition coefficient (Wildman–Crippen LogP) is 4.01. The number of carbonyl (C=O) groups is 1. The van der Waals surface area contributed by atoms with Crippen molar-refractivity contribution in [3.63, 3.8) is 0 Å². The van der Waals surface area contributed by atoms with Crippen LogP contribution in [-0.2, 0) is 4.79 Å². The van der Waals surface area contributed by atoms with Crippen LogP contribution in [0.25, 0.3) is 0 Å². The first-order valence-corrected chi connectivity index (χ1v) is 8.32. The fraction of sp³-hybridized carbons (Fsp3) is 0.421. The summed E-state index contributed by atoms with van der Waals surface area (Å²) in [5, 5.41) is 3.27. The normalized spacial score (nSPS) is 16.6. The van der Waals surface area contributed by atoms with Gasteiger partial charge in [0.25, 0.3) is 0 Å². The largest absolute Gasteiger partial charge is 0.372 e. The summed E-state index contributed by atoms with van der Waals surface area (Å²) in [5.74, 6) is 1.56. The lowest BCUT2D eigenvalue weighted by molar-refractivity contribution is -0.106. The Morgan fingerprint density at radius 1 is 1.21 bits per heavy atom. The van der Waals surface area contributed by atoms with E-state index in [1.807, 2.05) is 18.3 Å². The van der Waals surface area contributed by atoms with Gasteiger partial charge >= 0.3 is 0 Å². The standard InChI is InChI=1S/C18H23N3.CH3NO/c1-18(2)9-7-14(8-10-18)15-5-6-17(20-12-15)21-16-4-3-11-19-13-16;2-1-3/h3-6,11-14H,7-10H2,1-2H3,(H,20,21);1H,(H2,2,3). The van der Waals surface area contributed by atoms with Crippen molar-refractivity contribution in [1.29, 1.82) is 0 Å². The predicted molar refractivity (Wildman–Crippen MR) is 97.0 cm³/mol. The van der Waals surface area contributed by atoms with Gasteiger partial charge in [-0.05, 0) is 60.8 Å². The first-order valence-electron chi connectivity index (χ1n) is 8.32. The molecule has 1 saturated carbocycles. The lowest BCUT2D eigenvalue weighted by Gasteiger charge is -2.34. The van der Waals surface area contributed by atoms with Crippen molar-refractivity contribution >= 4 is 17.9 Å². The van der Waals surface area contributed by atoms with E-state index in [1.165, 1.54) is 31.2 Å². The summed E-state index contributed by atoms with van der Waals surface area (Å²) in [7, 11) is 0. The molecule has 24 heavy (non-hydrogen) atoms. The monoisotopic (exact) mass is 326 g/mol. The minimum atomic E-state index is 0.250. The number of pyridine rings is 2. The van der Waals surface area contributed by atoms with Crippen LogP contribution in [0.5, 0.6) is 0 Å². The van der Waals surface area contributed by atoms with Gasteiger partial charge in [0.15, 0.2) is 0 Å². The quantitative estimate of drug-likeness (QED) is 0.835. The lowest BCUT2D eigenvalue weighted by atomic mass is 9.71. The Hall–Kier alpha value is -2.43. The number of hydrogen-bond donors (Lipinski definition) is 2. The van der Waals surface area contributed by atoms with Crippen LogP contribution >= 0.6 is 0 Å². The second-order valence-corrected chi connectivity index (χ2v) is 6.92. The van der Waals surface area contributed by atoms with Crippen LogP contribution in [0.2, 0.25) is 0 Å². The van der Waals surface area contributed by atoms with Crippen LogP contribution in [0.4, 0.5) is 11.5 Å². The summed E-state index contributed by atoms with van der Waals surface area (Å²) >= 11 is 0. The maximum absolute atomic E-state index is 8.58. The highest BCUT2D eigenvalue weighted by Gasteiger charge is 2.27. The van der Waals surface area contributed by atoms with Crippen molar-refractivity contribution in [1.82, 2.24) is 9.97 Å². The number of primary amides is 1. The zero-order valence-corrected chi connectivity index (χ0v) is 14.4. The van der Waals surface area contributed by atoms with Gasteiger partial charge in [-0.15, -0.1) is 0 Å². The van der Waals surface area contributed by atoms with Crippen molar-refractivity contribution in [2.24, 2.45) is 11.1 Å². The zero-order chi connectivity index (χ0) is 17.4. The Morgan fingerprint density at radius 3 is 2.46 bits per heavy atom. The summed E-state index contributed by atoms with van der Waals surface area (Å²) in [5.41, 5.74) is 7.03. The minimum absolute atomic E-state index is 0.250. The number of carbonyl (C=O) groups excluding carboxylic acids is 1. The molecule has 1 aliphatic rings. The SMILES string of the molecule is CC1(C)CCC(c2ccc(Nc3cccnc3)nc2)CC1.NC=O. The molecule has 0 aromatic carbocycles. The van der Waals surface area contributed by atoms with E-state index < -0.39 is 0 Å². The molecular weight excluding hydrogens is 300 g/mol. The third-order valence-electron chi connectivity index (χ3n) is 4.53. The molecule has 3 rings (SSSR count). The van der Waals surface area contributed by atoms with E-state index in [1.54, 1.807) is 12.4 Å². The number of rotatable bonds is 3. The highest BCUT2D eigenvalue weighted by molar-refractivity contribution is 5.54. The van der Waals surface area contributed by atoms with Gasteiger partial charge in [0, 0.05) is 12.4 Å². The lowest BCUT2D eigenvalue weighted by Crippen LogP contribution is -2.20. The highest BCUT2D eigenvalue weighted by atomic mass is 16.1. The number of hydrogen-bond acceptors (Lipinski definition) is 4. The number of amides is 1. The van der Waals surface area contributed by atoms with Crippen molar-refractivity contribution in [2.45, 2.75) is 45.4 Å². The first kappa shape index (κ1) is 17.9. The van der Waals surface area contributed by atoms with E-state index >= 15 is 0 Å². The second-order valence-electron chi connectivity index (χ2n) is 6.92. The molecular formula is C19H26N4O. The van der Waals surface area contributed by atoms with E-state index in [4.69, 9.17) is 4.79 Å². The minimum Gasteiger partial charge on any atom is -0.372 e. The maximum atomic E-state index is 8.58. The van der Waals surface area contributed by atoms with Gasteiger partial charge in [0.2, 0.25) is 6.41 Å². The van der Waals surface area contributed by atoms with Crippen LogP contribution in [-0.4, -0.2) is 16.4 Å². The number of nitrogens with one attached hydrogen (secondary N) is 1. The average molecular weight is 326 g/mol. The second kappa shape index (κ2) is 8.43. The van der Waals surface area contributed by atoms with Crippen molar-refractivity contribution < 1.29 is 4.79 Å². The van der Waals surface area contributed by atoms with Gasteiger partial charge in [-0.1, -0.05) is 19.9 Å². The Bertz CT molecular complexity index is 616. The van der Waals surface area contributed by atoms with Gasteiger partial charge in [0.05, 0.1) is 11.9 Å². The third-order valence-corrected chi connectivity index (χ3v) is 4.53. The molecule has 0 aliphatic heterocycles. The number of nitrogens with two attached hydrogens (primary N) is 1. The molecule has 1 amide bonds. The molecule has 1 fully saturated rings. The van der Waals surface area contributed by atoms with Gasteiger partial charge in [-0.3, -0.25) is 9.78 Å². The van der Waals surface area contributed by atoms with Crippen LogP contribution < -0.4 is 11.1 Å². The Morgan fingerprint density at radius 2 is 1.92 bits per heavy atom. The number of anilines is 2. The first-order chi connectivity index (χ1) is 11.5. The van der Waals surface area contributed by atoms with Gasteiger partial charge in [-0.2, -0.15) is 0 Å². The summed E-state index contributed by atoms with van der Waals surface area (Å²) in [6.07, 6.45) is 11.0. The van der Waals surface area contributed by atoms with Crippen LogP contribution in [0.1, 0.15) is 51.0 Å². The fourth-order valence-electron chi connectivity index (χ4n) is 3.04. The third kappa shape index (κ3) is 5.33. The molecule has 1 aliphatic carbocycles. The van der Waals surface area contributed by atoms with Crippen molar-refractivity contribution in [3.8, 4) is 0 Å². The molecule has 2 aromatic rings. The molecule has 128 valence electrons. The molecule has 0 saturated heterocycles. The molecule has 0 bridgehead atoms. The van der Waals surface area contributed by atoms with Crippen molar-refractivity contribution in [2.75, 3.05) is 5.32 Å². The molecule has 5 nitrogen and oxygen atoms in total. The Kier molecular flexibility index (Phi) is 6.29. The highest BCUT2D eigenvalue weighted by Crippen LogP contribution is 2.42. The summed E-state index contributed by atoms with van der Waals surface area (Å²) in [6, 6.07) is 8.20. The smallest absolute Gasteiger partial charge is 0.204 e.